The van der Waals surface area contributed by atoms with Gasteiger partial charge < -0.3 is 15.6 Å². The Balaban J connectivity index is 1.87. The van der Waals surface area contributed by atoms with E-state index >= 15 is 0 Å². The maximum atomic E-state index is 12.3. The van der Waals surface area contributed by atoms with Crippen LogP contribution in [0.4, 0.5) is 0 Å². The average molecular weight is 342 g/mol. The number of hydrogen-bond donors (Lipinski definition) is 2. The Morgan fingerprint density at radius 1 is 1.28 bits per heavy atom. The normalized spacial score (nSPS) is 17.6. The first-order chi connectivity index (χ1) is 12.0. The highest BCUT2D eigenvalue weighted by molar-refractivity contribution is 5.77. The van der Waals surface area contributed by atoms with Gasteiger partial charge in [0.25, 0.3) is 5.89 Å². The van der Waals surface area contributed by atoms with E-state index in [1.807, 2.05) is 44.2 Å². The molecule has 6 nitrogen and oxygen atoms in total. The summed E-state index contributed by atoms with van der Waals surface area (Å²) in [5.41, 5.74) is 6.83. The predicted molar refractivity (Wildman–Crippen MR) is 94.5 cm³/mol. The molecule has 0 bridgehead atoms. The fraction of sp³-hybridized carbons (Fsp3) is 0.526. The Morgan fingerprint density at radius 3 is 2.60 bits per heavy atom. The number of aromatic nitrogens is 2. The van der Waals surface area contributed by atoms with Crippen molar-refractivity contribution >= 4 is 5.91 Å². The van der Waals surface area contributed by atoms with Gasteiger partial charge in [-0.2, -0.15) is 4.98 Å². The van der Waals surface area contributed by atoms with Gasteiger partial charge in [-0.1, -0.05) is 62.2 Å². The molecule has 1 fully saturated rings. The maximum Gasteiger partial charge on any atom is 0.253 e. The van der Waals surface area contributed by atoms with Crippen LogP contribution in [0, 0.1) is 5.92 Å². The van der Waals surface area contributed by atoms with Crippen LogP contribution in [-0.2, 0) is 10.3 Å². The minimum absolute atomic E-state index is 0.0352. The molecule has 1 atom stereocenters. The number of carbonyl (C=O) groups is 1. The van der Waals surface area contributed by atoms with Gasteiger partial charge in [0.1, 0.15) is 6.04 Å². The molecule has 134 valence electrons. The molecule has 25 heavy (non-hydrogen) atoms. The molecule has 2 aromatic rings. The fourth-order valence-electron chi connectivity index (χ4n) is 3.31. The smallest absolute Gasteiger partial charge is 0.253 e. The lowest BCUT2D eigenvalue weighted by molar-refractivity contribution is -0.122. The van der Waals surface area contributed by atoms with Crippen molar-refractivity contribution in [3.8, 4) is 0 Å². The number of carbonyl (C=O) groups excluding carboxylic acids is 1. The number of nitrogens with zero attached hydrogens (tertiary/aromatic N) is 2. The van der Waals surface area contributed by atoms with Crippen LogP contribution >= 0.6 is 0 Å². The second-order valence-corrected chi connectivity index (χ2v) is 7.33. The molecular weight excluding hydrogens is 316 g/mol. The Hall–Kier alpha value is -2.21. The molecule has 1 saturated carbocycles. The molecule has 1 aliphatic carbocycles. The summed E-state index contributed by atoms with van der Waals surface area (Å²) >= 11 is 0. The van der Waals surface area contributed by atoms with Crippen LogP contribution in [0.25, 0.3) is 0 Å². The molecular formula is C19H26N4O2. The van der Waals surface area contributed by atoms with Crippen molar-refractivity contribution in [2.75, 3.05) is 0 Å². The van der Waals surface area contributed by atoms with Crippen molar-refractivity contribution < 1.29 is 9.32 Å². The minimum atomic E-state index is -0.509. The highest BCUT2D eigenvalue weighted by Gasteiger charge is 2.37. The quantitative estimate of drug-likeness (QED) is 0.841. The van der Waals surface area contributed by atoms with E-state index in [2.05, 4.69) is 15.5 Å². The molecule has 1 aromatic heterocycles. The molecule has 1 amide bonds. The van der Waals surface area contributed by atoms with Crippen LogP contribution in [0.3, 0.4) is 0 Å². The molecule has 0 aliphatic heterocycles. The second kappa shape index (κ2) is 7.35. The van der Waals surface area contributed by atoms with Crippen molar-refractivity contribution in [3.63, 3.8) is 0 Å². The Morgan fingerprint density at radius 2 is 1.96 bits per heavy atom. The first-order valence-corrected chi connectivity index (χ1v) is 8.95. The summed E-state index contributed by atoms with van der Waals surface area (Å²) in [5.74, 6) is 1.17. The highest BCUT2D eigenvalue weighted by atomic mass is 16.5. The molecule has 0 radical (unpaired) electrons. The van der Waals surface area contributed by atoms with Crippen LogP contribution in [0.5, 0.6) is 0 Å². The number of rotatable bonds is 6. The number of benzene rings is 1. The molecule has 1 aliphatic rings. The third-order valence-electron chi connectivity index (χ3n) is 4.66. The SMILES string of the molecule is CC(C)CC(=O)NC(c1ccccc1)c1nc(C2(N)CCCC2)no1. The molecule has 3 N–H and O–H groups in total. The van der Waals surface area contributed by atoms with Gasteiger partial charge in [-0.15, -0.1) is 0 Å². The Bertz CT molecular complexity index is 705. The van der Waals surface area contributed by atoms with E-state index in [-0.39, 0.29) is 11.8 Å². The average Bonchev–Trinajstić information content (AvgIpc) is 3.23. The highest BCUT2D eigenvalue weighted by Crippen LogP contribution is 2.35. The van der Waals surface area contributed by atoms with Crippen LogP contribution in [0.15, 0.2) is 34.9 Å². The van der Waals surface area contributed by atoms with E-state index in [9.17, 15) is 4.79 Å². The minimum Gasteiger partial charge on any atom is -0.341 e. The molecule has 3 rings (SSSR count). The molecule has 0 spiro atoms. The van der Waals surface area contributed by atoms with Gasteiger partial charge in [-0.3, -0.25) is 4.79 Å². The van der Waals surface area contributed by atoms with Gasteiger partial charge in [0.05, 0.1) is 5.54 Å². The van der Waals surface area contributed by atoms with Crippen LogP contribution < -0.4 is 11.1 Å². The topological polar surface area (TPSA) is 94.0 Å². The van der Waals surface area contributed by atoms with E-state index in [1.54, 1.807) is 0 Å². The van der Waals surface area contributed by atoms with E-state index < -0.39 is 11.6 Å². The van der Waals surface area contributed by atoms with E-state index in [0.29, 0.717) is 18.1 Å². The predicted octanol–water partition coefficient (Wildman–Crippen LogP) is 3.05. The van der Waals surface area contributed by atoms with Crippen LogP contribution in [0.2, 0.25) is 0 Å². The van der Waals surface area contributed by atoms with Gasteiger partial charge in [0.15, 0.2) is 5.82 Å². The van der Waals surface area contributed by atoms with Crippen molar-refractivity contribution in [2.45, 2.75) is 57.5 Å². The largest absolute Gasteiger partial charge is 0.341 e. The van der Waals surface area contributed by atoms with Gasteiger partial charge >= 0.3 is 0 Å². The Labute approximate surface area is 148 Å². The summed E-state index contributed by atoms with van der Waals surface area (Å²) in [7, 11) is 0. The second-order valence-electron chi connectivity index (χ2n) is 7.33. The van der Waals surface area contributed by atoms with E-state index in [1.165, 1.54) is 0 Å². The van der Waals surface area contributed by atoms with Crippen molar-refractivity contribution in [1.29, 1.82) is 0 Å². The van der Waals surface area contributed by atoms with Gasteiger partial charge in [0, 0.05) is 6.42 Å². The summed E-state index contributed by atoms with van der Waals surface area (Å²) in [6.45, 7) is 4.03. The number of nitrogens with one attached hydrogen (secondary N) is 1. The van der Waals surface area contributed by atoms with Crippen molar-refractivity contribution in [1.82, 2.24) is 15.5 Å². The maximum absolute atomic E-state index is 12.3. The van der Waals surface area contributed by atoms with Crippen LogP contribution in [-0.4, -0.2) is 16.0 Å². The molecule has 1 heterocycles. The lowest BCUT2D eigenvalue weighted by Crippen LogP contribution is -2.35. The lowest BCUT2D eigenvalue weighted by Gasteiger charge is -2.18. The monoisotopic (exact) mass is 342 g/mol. The molecule has 1 aromatic carbocycles. The lowest BCUT2D eigenvalue weighted by atomic mass is 9.98. The molecule has 1 unspecified atom stereocenters. The van der Waals surface area contributed by atoms with E-state index in [0.717, 1.165) is 31.2 Å². The fourth-order valence-corrected chi connectivity index (χ4v) is 3.31. The van der Waals surface area contributed by atoms with Gasteiger partial charge in [-0.25, -0.2) is 0 Å². The van der Waals surface area contributed by atoms with Crippen molar-refractivity contribution in [3.05, 3.63) is 47.6 Å². The summed E-state index contributed by atoms with van der Waals surface area (Å²) in [6, 6.07) is 9.21. The Kier molecular flexibility index (Phi) is 5.18. The summed E-state index contributed by atoms with van der Waals surface area (Å²) in [5, 5.41) is 7.14. The first-order valence-electron chi connectivity index (χ1n) is 8.95. The third-order valence-corrected chi connectivity index (χ3v) is 4.66. The zero-order valence-corrected chi connectivity index (χ0v) is 14.9. The summed E-state index contributed by atoms with van der Waals surface area (Å²) in [6.07, 6.45) is 4.33. The zero-order chi connectivity index (χ0) is 17.9. The first kappa shape index (κ1) is 17.6. The van der Waals surface area contributed by atoms with Crippen LogP contribution in [0.1, 0.15) is 69.3 Å². The van der Waals surface area contributed by atoms with Crippen molar-refractivity contribution in [2.24, 2.45) is 11.7 Å². The molecule has 0 saturated heterocycles. The number of nitrogens with two attached hydrogens (primary N) is 1. The standard InChI is InChI=1S/C19H26N4O2/c1-13(2)12-15(24)21-16(14-8-4-3-5-9-14)17-22-18(23-25-17)19(20)10-6-7-11-19/h3-5,8-9,13,16H,6-7,10-12,20H2,1-2H3,(H,21,24). The zero-order valence-electron chi connectivity index (χ0n) is 14.9. The molecule has 6 heteroatoms. The summed E-state index contributed by atoms with van der Waals surface area (Å²) in [4.78, 5) is 16.9. The third kappa shape index (κ3) is 4.07. The number of amides is 1. The van der Waals surface area contributed by atoms with Gasteiger partial charge in [0.2, 0.25) is 5.91 Å². The summed E-state index contributed by atoms with van der Waals surface area (Å²) < 4.78 is 5.51. The van der Waals surface area contributed by atoms with Gasteiger partial charge in [-0.05, 0) is 24.3 Å². The number of hydrogen-bond acceptors (Lipinski definition) is 5. The van der Waals surface area contributed by atoms with E-state index in [4.69, 9.17) is 10.3 Å².